The van der Waals surface area contributed by atoms with E-state index >= 15 is 0 Å². The van der Waals surface area contributed by atoms with E-state index in [2.05, 4.69) is 4.99 Å². The highest BCUT2D eigenvalue weighted by Gasteiger charge is 2.28. The number of aliphatic imine (C=N–C) groups is 1. The van der Waals surface area contributed by atoms with Gasteiger partial charge in [0.05, 0.1) is 26.4 Å². The summed E-state index contributed by atoms with van der Waals surface area (Å²) in [6, 6.07) is 10.7. The first kappa shape index (κ1) is 21.0. The molecule has 154 valence electrons. The molecule has 0 saturated carbocycles. The van der Waals surface area contributed by atoms with Crippen molar-refractivity contribution in [2.24, 2.45) is 4.99 Å². The van der Waals surface area contributed by atoms with Crippen molar-refractivity contribution in [2.75, 3.05) is 32.9 Å². The minimum absolute atomic E-state index is 0.175. The van der Waals surface area contributed by atoms with Gasteiger partial charge in [-0.2, -0.15) is 0 Å². The molecule has 2 aromatic carbocycles. The molecule has 0 radical (unpaired) electrons. The van der Waals surface area contributed by atoms with E-state index < -0.39 is 0 Å². The van der Waals surface area contributed by atoms with Gasteiger partial charge in [0.2, 0.25) is 5.75 Å². The van der Waals surface area contributed by atoms with Crippen molar-refractivity contribution in [3.8, 4) is 17.2 Å². The molecule has 0 N–H and O–H groups in total. The Labute approximate surface area is 176 Å². The van der Waals surface area contributed by atoms with Crippen LogP contribution in [0.4, 0.5) is 0 Å². The second kappa shape index (κ2) is 9.65. The van der Waals surface area contributed by atoms with E-state index in [1.807, 2.05) is 32.9 Å². The quantitative estimate of drug-likeness (QED) is 0.638. The highest BCUT2D eigenvalue weighted by Crippen LogP contribution is 2.39. The number of ether oxygens (including phenoxy) is 3. The maximum Gasteiger partial charge on any atom is 0.259 e. The van der Waals surface area contributed by atoms with E-state index in [0.717, 1.165) is 5.56 Å². The third kappa shape index (κ3) is 4.65. The van der Waals surface area contributed by atoms with Gasteiger partial charge in [-0.05, 0) is 45.0 Å². The fraction of sp³-hybridized carbons (Fsp3) is 0.364. The standard InChI is InChI=1S/C22H25ClN2O4/c1-4-27-18-13-16(14-19(28-5-2)20(18)29-6-3)22(26)25-11-10-24-21(25)15-8-7-9-17(23)12-15/h7-9,12-14H,4-6,10-11H2,1-3H3. The predicted octanol–water partition coefficient (Wildman–Crippen LogP) is 4.44. The lowest BCUT2D eigenvalue weighted by Gasteiger charge is -2.21. The number of carbonyl (C=O) groups excluding carboxylic acids is 1. The molecule has 1 heterocycles. The molecule has 1 aliphatic heterocycles. The summed E-state index contributed by atoms with van der Waals surface area (Å²) in [5, 5.41) is 0.600. The van der Waals surface area contributed by atoms with Crippen molar-refractivity contribution >= 4 is 23.3 Å². The van der Waals surface area contributed by atoms with E-state index in [4.69, 9.17) is 25.8 Å². The Morgan fingerprint density at radius 1 is 1.03 bits per heavy atom. The lowest BCUT2D eigenvalue weighted by molar-refractivity contribution is 0.0857. The number of amides is 1. The molecule has 0 fully saturated rings. The Morgan fingerprint density at radius 2 is 1.69 bits per heavy atom. The molecule has 0 bridgehead atoms. The highest BCUT2D eigenvalue weighted by molar-refractivity contribution is 6.31. The van der Waals surface area contributed by atoms with Crippen LogP contribution in [0, 0.1) is 0 Å². The van der Waals surface area contributed by atoms with Gasteiger partial charge >= 0.3 is 0 Å². The van der Waals surface area contributed by atoms with Gasteiger partial charge in [-0.1, -0.05) is 23.7 Å². The molecule has 6 nitrogen and oxygen atoms in total. The average molecular weight is 417 g/mol. The lowest BCUT2D eigenvalue weighted by Crippen LogP contribution is -2.35. The summed E-state index contributed by atoms with van der Waals surface area (Å²) in [7, 11) is 0. The third-order valence-corrected chi connectivity index (χ3v) is 4.56. The molecule has 29 heavy (non-hydrogen) atoms. The van der Waals surface area contributed by atoms with E-state index in [1.54, 1.807) is 29.2 Å². The summed E-state index contributed by atoms with van der Waals surface area (Å²) in [6.07, 6.45) is 0. The largest absolute Gasteiger partial charge is 0.490 e. The van der Waals surface area contributed by atoms with Crippen LogP contribution in [0.15, 0.2) is 41.4 Å². The van der Waals surface area contributed by atoms with Gasteiger partial charge < -0.3 is 14.2 Å². The smallest absolute Gasteiger partial charge is 0.259 e. The highest BCUT2D eigenvalue weighted by atomic mass is 35.5. The second-order valence-corrected chi connectivity index (χ2v) is 6.71. The Bertz CT molecular complexity index is 886. The van der Waals surface area contributed by atoms with Crippen LogP contribution in [0.2, 0.25) is 5.02 Å². The first-order chi connectivity index (χ1) is 14.1. The number of benzene rings is 2. The van der Waals surface area contributed by atoms with Crippen LogP contribution < -0.4 is 14.2 Å². The molecule has 0 aliphatic carbocycles. The molecule has 0 saturated heterocycles. The van der Waals surface area contributed by atoms with E-state index in [9.17, 15) is 4.79 Å². The number of rotatable bonds is 8. The minimum Gasteiger partial charge on any atom is -0.490 e. The van der Waals surface area contributed by atoms with Crippen molar-refractivity contribution < 1.29 is 19.0 Å². The van der Waals surface area contributed by atoms with Crippen LogP contribution in [-0.4, -0.2) is 49.6 Å². The normalized spacial score (nSPS) is 13.2. The van der Waals surface area contributed by atoms with Gasteiger partial charge in [-0.15, -0.1) is 0 Å². The molecule has 7 heteroatoms. The van der Waals surface area contributed by atoms with Crippen molar-refractivity contribution in [1.82, 2.24) is 4.90 Å². The van der Waals surface area contributed by atoms with Crippen molar-refractivity contribution in [3.63, 3.8) is 0 Å². The van der Waals surface area contributed by atoms with E-state index in [0.29, 0.717) is 66.6 Å². The zero-order valence-electron chi connectivity index (χ0n) is 16.9. The molecule has 3 rings (SSSR count). The lowest BCUT2D eigenvalue weighted by atomic mass is 10.1. The molecule has 1 amide bonds. The molecule has 1 aliphatic rings. The zero-order valence-corrected chi connectivity index (χ0v) is 17.7. The number of nitrogens with zero attached hydrogens (tertiary/aromatic N) is 2. The van der Waals surface area contributed by atoms with Crippen LogP contribution in [-0.2, 0) is 0 Å². The number of hydrogen-bond acceptors (Lipinski definition) is 5. The number of halogens is 1. The minimum atomic E-state index is -0.175. The predicted molar refractivity (Wildman–Crippen MR) is 114 cm³/mol. The maximum absolute atomic E-state index is 13.4. The fourth-order valence-electron chi connectivity index (χ4n) is 3.19. The van der Waals surface area contributed by atoms with Crippen molar-refractivity contribution in [3.05, 3.63) is 52.5 Å². The summed E-state index contributed by atoms with van der Waals surface area (Å²) in [5.74, 6) is 1.93. The molecule has 0 atom stereocenters. The third-order valence-electron chi connectivity index (χ3n) is 4.32. The zero-order chi connectivity index (χ0) is 20.8. The van der Waals surface area contributed by atoms with Gasteiger partial charge in [-0.3, -0.25) is 14.7 Å². The maximum atomic E-state index is 13.4. The first-order valence-electron chi connectivity index (χ1n) is 9.77. The molecule has 0 unspecified atom stereocenters. The SMILES string of the molecule is CCOc1cc(C(=O)N2CCN=C2c2cccc(Cl)c2)cc(OCC)c1OCC. The summed E-state index contributed by atoms with van der Waals surface area (Å²) in [4.78, 5) is 19.5. The molecule has 0 aromatic heterocycles. The molecular weight excluding hydrogens is 392 g/mol. The topological polar surface area (TPSA) is 60.4 Å². The average Bonchev–Trinajstić information content (AvgIpc) is 3.20. The van der Waals surface area contributed by atoms with Crippen LogP contribution in [0.3, 0.4) is 0 Å². The molecule has 0 spiro atoms. The van der Waals surface area contributed by atoms with Crippen LogP contribution in [0.5, 0.6) is 17.2 Å². The van der Waals surface area contributed by atoms with Gasteiger partial charge in [-0.25, -0.2) is 0 Å². The number of carbonyl (C=O) groups is 1. The Kier molecular flexibility index (Phi) is 6.99. The number of hydrogen-bond donors (Lipinski definition) is 0. The molecular formula is C22H25ClN2O4. The van der Waals surface area contributed by atoms with E-state index in [-0.39, 0.29) is 5.91 Å². The Balaban J connectivity index is 1.98. The molecule has 2 aromatic rings. The first-order valence-corrected chi connectivity index (χ1v) is 10.2. The van der Waals surface area contributed by atoms with Gasteiger partial charge in [0.25, 0.3) is 5.91 Å². The van der Waals surface area contributed by atoms with Gasteiger partial charge in [0, 0.05) is 22.7 Å². The van der Waals surface area contributed by atoms with Crippen molar-refractivity contribution in [2.45, 2.75) is 20.8 Å². The van der Waals surface area contributed by atoms with Crippen molar-refractivity contribution in [1.29, 1.82) is 0 Å². The number of amidine groups is 1. The Hall–Kier alpha value is -2.73. The summed E-state index contributed by atoms with van der Waals surface area (Å²) in [6.45, 7) is 8.06. The fourth-order valence-corrected chi connectivity index (χ4v) is 3.38. The van der Waals surface area contributed by atoms with Crippen LogP contribution in [0.25, 0.3) is 0 Å². The summed E-state index contributed by atoms with van der Waals surface area (Å²) in [5.41, 5.74) is 1.27. The Morgan fingerprint density at radius 3 is 2.28 bits per heavy atom. The monoisotopic (exact) mass is 416 g/mol. The summed E-state index contributed by atoms with van der Waals surface area (Å²) < 4.78 is 17.2. The van der Waals surface area contributed by atoms with E-state index in [1.165, 1.54) is 0 Å². The van der Waals surface area contributed by atoms with Gasteiger partial charge in [0.15, 0.2) is 11.5 Å². The van der Waals surface area contributed by atoms with Crippen LogP contribution >= 0.6 is 11.6 Å². The second-order valence-electron chi connectivity index (χ2n) is 6.27. The van der Waals surface area contributed by atoms with Gasteiger partial charge in [0.1, 0.15) is 5.84 Å². The van der Waals surface area contributed by atoms with Crippen LogP contribution in [0.1, 0.15) is 36.7 Å². The summed E-state index contributed by atoms with van der Waals surface area (Å²) >= 11 is 6.12.